The number of nitrogens with one attached hydrogen (secondary N) is 2. The van der Waals surface area contributed by atoms with Gasteiger partial charge in [-0.3, -0.25) is 4.79 Å². The van der Waals surface area contributed by atoms with Gasteiger partial charge in [-0.25, -0.2) is 0 Å². The predicted molar refractivity (Wildman–Crippen MR) is 69.9 cm³/mol. The largest absolute Gasteiger partial charge is 0.497 e. The highest BCUT2D eigenvalue weighted by Crippen LogP contribution is 2.16. The first-order chi connectivity index (χ1) is 7.79. The van der Waals surface area contributed by atoms with E-state index in [9.17, 15) is 4.79 Å². The minimum Gasteiger partial charge on any atom is -0.497 e. The van der Waals surface area contributed by atoms with Crippen LogP contribution >= 0.6 is 12.4 Å². The second kappa shape index (κ2) is 6.47. The molecule has 1 aliphatic rings. The number of anilines is 1. The first-order valence-corrected chi connectivity index (χ1v) is 5.48. The second-order valence-corrected chi connectivity index (χ2v) is 3.87. The number of hydrogen-bond acceptors (Lipinski definition) is 3. The summed E-state index contributed by atoms with van der Waals surface area (Å²) in [5.74, 6) is 0.833. The maximum Gasteiger partial charge on any atom is 0.241 e. The van der Waals surface area contributed by atoms with E-state index in [2.05, 4.69) is 10.6 Å². The van der Waals surface area contributed by atoms with Gasteiger partial charge in [0.15, 0.2) is 0 Å². The lowest BCUT2D eigenvalue weighted by molar-refractivity contribution is -0.117. The molecule has 0 unspecified atom stereocenters. The predicted octanol–water partition coefficient (Wildman–Crippen LogP) is 1.81. The summed E-state index contributed by atoms with van der Waals surface area (Å²) in [6.07, 6.45) is 1.99. The van der Waals surface area contributed by atoms with E-state index in [-0.39, 0.29) is 24.4 Å². The Hall–Kier alpha value is -1.26. The van der Waals surface area contributed by atoms with Crippen molar-refractivity contribution < 1.29 is 9.53 Å². The topological polar surface area (TPSA) is 50.4 Å². The monoisotopic (exact) mass is 256 g/mol. The molecule has 0 spiro atoms. The van der Waals surface area contributed by atoms with Crippen LogP contribution in [0.3, 0.4) is 0 Å². The maximum atomic E-state index is 11.8. The van der Waals surface area contributed by atoms with Gasteiger partial charge in [-0.1, -0.05) is 0 Å². The van der Waals surface area contributed by atoms with Crippen molar-refractivity contribution in [3.63, 3.8) is 0 Å². The van der Waals surface area contributed by atoms with E-state index in [0.717, 1.165) is 30.8 Å². The summed E-state index contributed by atoms with van der Waals surface area (Å²) in [6.45, 7) is 0.931. The Morgan fingerprint density at radius 3 is 2.65 bits per heavy atom. The molecular formula is C12H17ClN2O2. The molecule has 1 atom stereocenters. The number of ether oxygens (including phenoxy) is 1. The van der Waals surface area contributed by atoms with Crippen molar-refractivity contribution in [2.45, 2.75) is 18.9 Å². The van der Waals surface area contributed by atoms with Crippen LogP contribution in [0.5, 0.6) is 5.75 Å². The number of amides is 1. The second-order valence-electron chi connectivity index (χ2n) is 3.87. The van der Waals surface area contributed by atoms with Crippen LogP contribution in [0.1, 0.15) is 12.8 Å². The van der Waals surface area contributed by atoms with Gasteiger partial charge >= 0.3 is 0 Å². The zero-order valence-electron chi connectivity index (χ0n) is 9.73. The van der Waals surface area contributed by atoms with Gasteiger partial charge in [0.25, 0.3) is 0 Å². The van der Waals surface area contributed by atoms with Crippen LogP contribution in [0, 0.1) is 0 Å². The van der Waals surface area contributed by atoms with E-state index < -0.39 is 0 Å². The molecule has 1 aromatic rings. The number of methoxy groups -OCH3 is 1. The first-order valence-electron chi connectivity index (χ1n) is 5.48. The summed E-state index contributed by atoms with van der Waals surface area (Å²) >= 11 is 0. The number of benzene rings is 1. The molecule has 0 bridgehead atoms. The molecular weight excluding hydrogens is 240 g/mol. The quantitative estimate of drug-likeness (QED) is 0.867. The van der Waals surface area contributed by atoms with Crippen molar-refractivity contribution in [3.05, 3.63) is 24.3 Å². The van der Waals surface area contributed by atoms with Gasteiger partial charge in [-0.05, 0) is 43.7 Å². The van der Waals surface area contributed by atoms with Crippen LogP contribution in [0.15, 0.2) is 24.3 Å². The van der Waals surface area contributed by atoms with Gasteiger partial charge in [-0.15, -0.1) is 12.4 Å². The van der Waals surface area contributed by atoms with Crippen molar-refractivity contribution in [1.82, 2.24) is 5.32 Å². The average molecular weight is 257 g/mol. The van der Waals surface area contributed by atoms with Crippen LogP contribution < -0.4 is 15.4 Å². The van der Waals surface area contributed by atoms with Gasteiger partial charge in [-0.2, -0.15) is 0 Å². The Kier molecular flexibility index (Phi) is 5.25. The van der Waals surface area contributed by atoms with Gasteiger partial charge in [0.1, 0.15) is 5.75 Å². The van der Waals surface area contributed by atoms with Gasteiger partial charge in [0.05, 0.1) is 13.2 Å². The zero-order chi connectivity index (χ0) is 11.4. The number of carbonyl (C=O) groups excluding carboxylic acids is 1. The Labute approximate surface area is 107 Å². The molecule has 4 nitrogen and oxygen atoms in total. The standard InChI is InChI=1S/C12H16N2O2.ClH/c1-16-10-6-4-9(5-7-10)14-12(15)11-3-2-8-13-11;/h4-7,11,13H,2-3,8H2,1H3,(H,14,15);1H/t11-;/m0./s1. The average Bonchev–Trinajstić information content (AvgIpc) is 2.83. The molecule has 1 saturated heterocycles. The molecule has 1 aromatic carbocycles. The van der Waals surface area contributed by atoms with Crippen molar-refractivity contribution in [1.29, 1.82) is 0 Å². The smallest absolute Gasteiger partial charge is 0.241 e. The molecule has 0 aromatic heterocycles. The SMILES string of the molecule is COc1ccc(NC(=O)[C@@H]2CCCN2)cc1.Cl. The molecule has 1 heterocycles. The maximum absolute atomic E-state index is 11.8. The molecule has 2 N–H and O–H groups in total. The van der Waals surface area contributed by atoms with E-state index in [1.165, 1.54) is 0 Å². The fourth-order valence-corrected chi connectivity index (χ4v) is 1.81. The molecule has 17 heavy (non-hydrogen) atoms. The van der Waals surface area contributed by atoms with Gasteiger partial charge in [0.2, 0.25) is 5.91 Å². The van der Waals surface area contributed by atoms with Crippen molar-refractivity contribution >= 4 is 24.0 Å². The van der Waals surface area contributed by atoms with Crippen molar-refractivity contribution in [2.24, 2.45) is 0 Å². The Morgan fingerprint density at radius 2 is 2.12 bits per heavy atom. The fraction of sp³-hybridized carbons (Fsp3) is 0.417. The minimum absolute atomic E-state index is 0. The number of rotatable bonds is 3. The lowest BCUT2D eigenvalue weighted by Crippen LogP contribution is -2.35. The molecule has 5 heteroatoms. The first kappa shape index (κ1) is 13.8. The molecule has 2 rings (SSSR count). The normalized spacial score (nSPS) is 18.3. The van der Waals surface area contributed by atoms with Crippen LogP contribution in [0.25, 0.3) is 0 Å². The highest BCUT2D eigenvalue weighted by atomic mass is 35.5. The number of halogens is 1. The van der Waals surface area contributed by atoms with E-state index in [1.54, 1.807) is 7.11 Å². The van der Waals surface area contributed by atoms with E-state index in [0.29, 0.717) is 0 Å². The molecule has 1 aliphatic heterocycles. The Balaban J connectivity index is 0.00000144. The third-order valence-electron chi connectivity index (χ3n) is 2.73. The molecule has 0 radical (unpaired) electrons. The lowest BCUT2D eigenvalue weighted by atomic mass is 10.2. The summed E-state index contributed by atoms with van der Waals surface area (Å²) in [7, 11) is 1.62. The van der Waals surface area contributed by atoms with Crippen LogP contribution in [-0.2, 0) is 4.79 Å². The third-order valence-corrected chi connectivity index (χ3v) is 2.73. The summed E-state index contributed by atoms with van der Waals surface area (Å²) in [5, 5.41) is 6.04. The summed E-state index contributed by atoms with van der Waals surface area (Å²) < 4.78 is 5.05. The minimum atomic E-state index is -0.0397. The zero-order valence-corrected chi connectivity index (χ0v) is 10.5. The van der Waals surface area contributed by atoms with Crippen LogP contribution in [0.2, 0.25) is 0 Å². The van der Waals surface area contributed by atoms with Gasteiger partial charge < -0.3 is 15.4 Å². The van der Waals surface area contributed by atoms with Crippen LogP contribution in [0.4, 0.5) is 5.69 Å². The third kappa shape index (κ3) is 3.61. The molecule has 1 amide bonds. The van der Waals surface area contributed by atoms with E-state index >= 15 is 0 Å². The molecule has 0 aliphatic carbocycles. The molecule has 1 fully saturated rings. The van der Waals surface area contributed by atoms with E-state index in [1.807, 2.05) is 24.3 Å². The highest BCUT2D eigenvalue weighted by molar-refractivity contribution is 5.95. The summed E-state index contributed by atoms with van der Waals surface area (Å²) in [4.78, 5) is 11.8. The molecule has 94 valence electrons. The summed E-state index contributed by atoms with van der Waals surface area (Å²) in [6, 6.07) is 7.30. The number of carbonyl (C=O) groups is 1. The van der Waals surface area contributed by atoms with E-state index in [4.69, 9.17) is 4.74 Å². The fourth-order valence-electron chi connectivity index (χ4n) is 1.81. The van der Waals surface area contributed by atoms with Crippen LogP contribution in [-0.4, -0.2) is 25.6 Å². The highest BCUT2D eigenvalue weighted by Gasteiger charge is 2.21. The van der Waals surface area contributed by atoms with Crippen molar-refractivity contribution in [2.75, 3.05) is 19.0 Å². The number of hydrogen-bond donors (Lipinski definition) is 2. The Bertz CT molecular complexity index is 361. The summed E-state index contributed by atoms with van der Waals surface area (Å²) in [5.41, 5.74) is 0.805. The lowest BCUT2D eigenvalue weighted by Gasteiger charge is -2.11. The Morgan fingerprint density at radius 1 is 1.41 bits per heavy atom. The van der Waals surface area contributed by atoms with Crippen molar-refractivity contribution in [3.8, 4) is 5.75 Å². The van der Waals surface area contributed by atoms with Gasteiger partial charge in [0, 0.05) is 5.69 Å². The molecule has 0 saturated carbocycles.